The van der Waals surface area contributed by atoms with Crippen molar-refractivity contribution in [2.45, 2.75) is 39.5 Å². The predicted molar refractivity (Wildman–Crippen MR) is 75.5 cm³/mol. The van der Waals surface area contributed by atoms with Crippen LogP contribution >= 0.6 is 0 Å². The molecule has 1 aromatic heterocycles. The van der Waals surface area contributed by atoms with Crippen LogP contribution in [0.3, 0.4) is 0 Å². The van der Waals surface area contributed by atoms with Crippen LogP contribution in [0, 0.1) is 5.41 Å². The van der Waals surface area contributed by atoms with Crippen LogP contribution in [0.4, 0.5) is 5.82 Å². The molecular weight excluding hydrogens is 224 g/mol. The summed E-state index contributed by atoms with van der Waals surface area (Å²) in [5.41, 5.74) is 8.98. The number of amidine groups is 1. The lowest BCUT2D eigenvalue weighted by atomic mass is 9.94. The van der Waals surface area contributed by atoms with Crippen molar-refractivity contribution < 1.29 is 0 Å². The Morgan fingerprint density at radius 1 is 1.33 bits per heavy atom. The zero-order chi connectivity index (χ0) is 13.1. The Morgan fingerprint density at radius 2 is 2.00 bits per heavy atom. The molecule has 1 aliphatic rings. The number of nitrogens with zero attached hydrogens (tertiary/aromatic N) is 2. The maximum absolute atomic E-state index is 7.75. The van der Waals surface area contributed by atoms with E-state index in [9.17, 15) is 0 Å². The van der Waals surface area contributed by atoms with E-state index in [1.165, 1.54) is 24.1 Å². The topological polar surface area (TPSA) is 66.0 Å². The van der Waals surface area contributed by atoms with Crippen molar-refractivity contribution in [3.05, 3.63) is 22.9 Å². The standard InChI is InChI=1S/C14H22N4/c1-3-18(4-2)14-11(13(15)16)9-10-7-5-6-8-12(10)17-14/h9H,3-8H2,1-2H3,(H3,15,16). The van der Waals surface area contributed by atoms with Gasteiger partial charge < -0.3 is 10.6 Å². The quantitative estimate of drug-likeness (QED) is 0.631. The van der Waals surface area contributed by atoms with Crippen molar-refractivity contribution in [2.24, 2.45) is 5.73 Å². The summed E-state index contributed by atoms with van der Waals surface area (Å²) in [5, 5.41) is 7.75. The first-order valence-corrected chi connectivity index (χ1v) is 6.79. The highest BCUT2D eigenvalue weighted by atomic mass is 15.2. The highest BCUT2D eigenvalue weighted by molar-refractivity contribution is 5.99. The number of hydrogen-bond donors (Lipinski definition) is 2. The van der Waals surface area contributed by atoms with Crippen LogP contribution in [0.15, 0.2) is 6.07 Å². The first-order chi connectivity index (χ1) is 8.67. The fraction of sp³-hybridized carbons (Fsp3) is 0.571. The van der Waals surface area contributed by atoms with E-state index in [0.717, 1.165) is 37.3 Å². The largest absolute Gasteiger partial charge is 0.384 e. The van der Waals surface area contributed by atoms with Crippen molar-refractivity contribution in [2.75, 3.05) is 18.0 Å². The van der Waals surface area contributed by atoms with Gasteiger partial charge in [0, 0.05) is 18.8 Å². The third-order valence-corrected chi connectivity index (χ3v) is 3.63. The minimum atomic E-state index is 0.123. The van der Waals surface area contributed by atoms with E-state index < -0.39 is 0 Å². The van der Waals surface area contributed by atoms with Crippen molar-refractivity contribution in [1.29, 1.82) is 5.41 Å². The second-order valence-corrected chi connectivity index (χ2v) is 4.76. The Kier molecular flexibility index (Phi) is 3.84. The van der Waals surface area contributed by atoms with Crippen LogP contribution in [0.1, 0.15) is 43.5 Å². The summed E-state index contributed by atoms with van der Waals surface area (Å²) in [4.78, 5) is 6.95. The molecule has 0 radical (unpaired) electrons. The number of hydrogen-bond acceptors (Lipinski definition) is 3. The SMILES string of the molecule is CCN(CC)c1nc2c(cc1C(=N)N)CCCC2. The number of nitrogens with one attached hydrogen (secondary N) is 1. The minimum Gasteiger partial charge on any atom is -0.384 e. The summed E-state index contributed by atoms with van der Waals surface area (Å²) in [7, 11) is 0. The number of anilines is 1. The molecular formula is C14H22N4. The van der Waals surface area contributed by atoms with E-state index in [2.05, 4.69) is 24.8 Å². The highest BCUT2D eigenvalue weighted by Gasteiger charge is 2.18. The van der Waals surface area contributed by atoms with Gasteiger partial charge in [-0.25, -0.2) is 4.98 Å². The molecule has 18 heavy (non-hydrogen) atoms. The van der Waals surface area contributed by atoms with Gasteiger partial charge in [0.05, 0.1) is 5.56 Å². The fourth-order valence-electron chi connectivity index (χ4n) is 2.59. The maximum Gasteiger partial charge on any atom is 0.139 e. The van der Waals surface area contributed by atoms with Gasteiger partial charge in [0.2, 0.25) is 0 Å². The summed E-state index contributed by atoms with van der Waals surface area (Å²) in [6.07, 6.45) is 4.57. The normalized spacial score (nSPS) is 14.1. The molecule has 0 unspecified atom stereocenters. The van der Waals surface area contributed by atoms with Crippen molar-refractivity contribution in [3.8, 4) is 0 Å². The lowest BCUT2D eigenvalue weighted by molar-refractivity contribution is 0.664. The maximum atomic E-state index is 7.75. The first-order valence-electron chi connectivity index (χ1n) is 6.79. The Bertz CT molecular complexity index is 449. The van der Waals surface area contributed by atoms with Crippen molar-refractivity contribution in [3.63, 3.8) is 0 Å². The van der Waals surface area contributed by atoms with Crippen LogP contribution in [-0.4, -0.2) is 23.9 Å². The Morgan fingerprint density at radius 3 is 2.61 bits per heavy atom. The van der Waals surface area contributed by atoms with Crippen molar-refractivity contribution >= 4 is 11.7 Å². The fourth-order valence-corrected chi connectivity index (χ4v) is 2.59. The molecule has 0 aliphatic heterocycles. The van der Waals surface area contributed by atoms with Crippen LogP contribution in [0.25, 0.3) is 0 Å². The minimum absolute atomic E-state index is 0.123. The molecule has 0 amide bonds. The number of aromatic nitrogens is 1. The zero-order valence-corrected chi connectivity index (χ0v) is 11.3. The van der Waals surface area contributed by atoms with Gasteiger partial charge in [-0.15, -0.1) is 0 Å². The van der Waals surface area contributed by atoms with Gasteiger partial charge in [0.25, 0.3) is 0 Å². The molecule has 0 bridgehead atoms. The van der Waals surface area contributed by atoms with Gasteiger partial charge in [-0.3, -0.25) is 5.41 Å². The van der Waals surface area contributed by atoms with Gasteiger partial charge >= 0.3 is 0 Å². The lowest BCUT2D eigenvalue weighted by Gasteiger charge is -2.25. The van der Waals surface area contributed by atoms with E-state index in [4.69, 9.17) is 16.1 Å². The molecule has 1 aromatic rings. The molecule has 98 valence electrons. The number of nitrogens with two attached hydrogens (primary N) is 1. The Hall–Kier alpha value is -1.58. The second kappa shape index (κ2) is 5.38. The van der Waals surface area contributed by atoms with Gasteiger partial charge in [-0.05, 0) is 51.2 Å². The molecule has 0 aromatic carbocycles. The molecule has 0 fully saturated rings. The van der Waals surface area contributed by atoms with Crippen molar-refractivity contribution in [1.82, 2.24) is 4.98 Å². The number of nitrogen functional groups attached to an aromatic ring is 1. The predicted octanol–water partition coefficient (Wildman–Crippen LogP) is 2.09. The zero-order valence-electron chi connectivity index (χ0n) is 11.3. The molecule has 1 aliphatic carbocycles. The summed E-state index contributed by atoms with van der Waals surface area (Å²) >= 11 is 0. The average Bonchev–Trinajstić information content (AvgIpc) is 2.39. The number of pyridine rings is 1. The van der Waals surface area contributed by atoms with Crippen LogP contribution in [0.2, 0.25) is 0 Å². The molecule has 0 spiro atoms. The average molecular weight is 246 g/mol. The molecule has 3 N–H and O–H groups in total. The third-order valence-electron chi connectivity index (χ3n) is 3.63. The van der Waals surface area contributed by atoms with E-state index in [1.54, 1.807) is 0 Å². The number of rotatable bonds is 4. The molecule has 2 rings (SSSR count). The van der Waals surface area contributed by atoms with Gasteiger partial charge in [-0.1, -0.05) is 0 Å². The van der Waals surface area contributed by atoms with Gasteiger partial charge in [-0.2, -0.15) is 0 Å². The summed E-state index contributed by atoms with van der Waals surface area (Å²) in [5.74, 6) is 1.01. The van der Waals surface area contributed by atoms with Gasteiger partial charge in [0.1, 0.15) is 11.7 Å². The highest BCUT2D eigenvalue weighted by Crippen LogP contribution is 2.26. The molecule has 4 nitrogen and oxygen atoms in total. The molecule has 0 saturated carbocycles. The molecule has 4 heteroatoms. The van der Waals surface area contributed by atoms with E-state index >= 15 is 0 Å². The van der Waals surface area contributed by atoms with E-state index in [-0.39, 0.29) is 5.84 Å². The monoisotopic (exact) mass is 246 g/mol. The third kappa shape index (κ3) is 2.33. The first kappa shape index (κ1) is 12.9. The second-order valence-electron chi connectivity index (χ2n) is 4.76. The number of aryl methyl sites for hydroxylation is 2. The molecule has 0 atom stereocenters. The summed E-state index contributed by atoms with van der Waals surface area (Å²) in [6, 6.07) is 2.08. The van der Waals surface area contributed by atoms with E-state index in [0.29, 0.717) is 0 Å². The van der Waals surface area contributed by atoms with Gasteiger partial charge in [0.15, 0.2) is 0 Å². The van der Waals surface area contributed by atoms with Crippen LogP contribution < -0.4 is 10.6 Å². The number of fused-ring (bicyclic) bond motifs is 1. The molecule has 0 saturated heterocycles. The Balaban J connectivity index is 2.51. The summed E-state index contributed by atoms with van der Waals surface area (Å²) in [6.45, 7) is 5.99. The smallest absolute Gasteiger partial charge is 0.139 e. The van der Waals surface area contributed by atoms with Crippen LogP contribution in [0.5, 0.6) is 0 Å². The Labute approximate surface area is 109 Å². The lowest BCUT2D eigenvalue weighted by Crippen LogP contribution is -2.28. The molecule has 1 heterocycles. The van der Waals surface area contributed by atoms with Crippen LogP contribution in [-0.2, 0) is 12.8 Å². The van der Waals surface area contributed by atoms with E-state index in [1.807, 2.05) is 0 Å². The summed E-state index contributed by atoms with van der Waals surface area (Å²) < 4.78 is 0.